The van der Waals surface area contributed by atoms with Gasteiger partial charge in [-0.1, -0.05) is 150 Å². The van der Waals surface area contributed by atoms with E-state index in [4.69, 9.17) is 0 Å². The van der Waals surface area contributed by atoms with E-state index in [2.05, 4.69) is 200 Å². The lowest BCUT2D eigenvalue weighted by Crippen LogP contribution is -2.82. The molecule has 0 rings (SSSR count). The largest absolute Gasteiger partial charge is 0.303 e. The molecule has 0 radical (unpaired) electrons. The second kappa shape index (κ2) is 15.7. The summed E-state index contributed by atoms with van der Waals surface area (Å²) in [5.74, 6) is 0. The topological polar surface area (TPSA) is 3.24 Å². The van der Waals surface area contributed by atoms with Crippen molar-refractivity contribution in [2.45, 2.75) is 39.8 Å². The second-order valence-corrected chi connectivity index (χ2v) is 169. The third-order valence-corrected chi connectivity index (χ3v) is 309. The summed E-state index contributed by atoms with van der Waals surface area (Å²) >= 11 is 44.8. The summed E-state index contributed by atoms with van der Waals surface area (Å²) in [4.78, 5) is -2.21. The number of halogens is 11. The molecule has 0 unspecified atom stereocenters. The summed E-state index contributed by atoms with van der Waals surface area (Å²) in [6.45, 7) is 8.98. The van der Waals surface area contributed by atoms with Crippen LogP contribution in [0.5, 0.6) is 0 Å². The highest BCUT2D eigenvalue weighted by atomic mass is 80.0. The van der Waals surface area contributed by atoms with E-state index in [1.165, 1.54) is 0 Å². The van der Waals surface area contributed by atoms with E-state index in [9.17, 15) is 0 Å². The van der Waals surface area contributed by atoms with Gasteiger partial charge in [-0.05, 0) is 57.3 Å². The molecule has 172 valence electrons. The van der Waals surface area contributed by atoms with Gasteiger partial charge in [0.25, 0.3) is 11.9 Å². The molecule has 0 bridgehead atoms. The van der Waals surface area contributed by atoms with Crippen LogP contribution in [-0.4, -0.2) is 83.3 Å². The molecule has 0 atom stereocenters. The highest BCUT2D eigenvalue weighted by Gasteiger charge is 2.80. The molecule has 0 spiro atoms. The smallest absolute Gasteiger partial charge is 0.281 e. The summed E-state index contributed by atoms with van der Waals surface area (Å²) in [7, 11) is 5.72. The van der Waals surface area contributed by atoms with Crippen LogP contribution in [0.15, 0.2) is 0 Å². The van der Waals surface area contributed by atoms with Gasteiger partial charge >= 0.3 is 0 Å². The molecular weight excluding hydrogens is 1250 g/mol. The lowest BCUT2D eigenvalue weighted by Gasteiger charge is -2.52. The molecule has 0 aliphatic carbocycles. The van der Waals surface area contributed by atoms with Crippen LogP contribution in [0.1, 0.15) is 27.7 Å². The van der Waals surface area contributed by atoms with Gasteiger partial charge in [0.15, 0.2) is 0 Å². The summed E-state index contributed by atoms with van der Waals surface area (Å²) in [6.07, 6.45) is 0. The Hall–Kier alpha value is 7.41. The predicted octanol–water partition coefficient (Wildman–Crippen LogP) is 3.85. The zero-order chi connectivity index (χ0) is 23.4. The van der Waals surface area contributed by atoms with Crippen LogP contribution in [0.4, 0.5) is 0 Å². The molecule has 0 aromatic rings. The van der Waals surface area contributed by atoms with Gasteiger partial charge in [0.1, 0.15) is 0 Å². The van der Waals surface area contributed by atoms with Gasteiger partial charge < -0.3 is 4.57 Å². The average molecular weight is 1270 g/mol. The van der Waals surface area contributed by atoms with Crippen LogP contribution >= 0.6 is 168 Å². The quantitative estimate of drug-likeness (QED) is 0.251. The van der Waals surface area contributed by atoms with Crippen LogP contribution in [-0.2, 0) is 0 Å². The fourth-order valence-corrected chi connectivity index (χ4v) is 508. The Morgan fingerprint density at radius 2 is 0.929 bits per heavy atom. The van der Waals surface area contributed by atoms with E-state index in [0.29, 0.717) is 12.1 Å². The first-order valence-corrected chi connectivity index (χ1v) is 66.6. The maximum atomic E-state index is 4.25. The third kappa shape index (κ3) is 9.94. The highest BCUT2D eigenvalue weighted by Crippen LogP contribution is 2.63. The fraction of sp³-hybridized carbons (Fsp3) is 1.00. The minimum Gasteiger partial charge on any atom is -0.303 e. The van der Waals surface area contributed by atoms with Crippen LogP contribution in [0.2, 0.25) is 0 Å². The summed E-state index contributed by atoms with van der Waals surface area (Å²) in [5.41, 5.74) is 0. The van der Waals surface area contributed by atoms with Crippen molar-refractivity contribution < 1.29 is 0 Å². The van der Waals surface area contributed by atoms with Gasteiger partial charge in [0.2, 0.25) is 9.59 Å². The van der Waals surface area contributed by atoms with Crippen molar-refractivity contribution in [2.75, 3.05) is 0 Å². The Bertz CT molecular complexity index is 444. The molecule has 0 N–H and O–H groups in total. The van der Waals surface area contributed by atoms with Crippen LogP contribution in [0, 0.1) is 0 Å². The molecular formula is C6H26Br11NSi10. The first kappa shape index (κ1) is 37.6. The van der Waals surface area contributed by atoms with E-state index in [0.717, 1.165) is 25.7 Å². The maximum Gasteiger partial charge on any atom is 0.281 e. The van der Waals surface area contributed by atoms with Crippen molar-refractivity contribution in [1.29, 1.82) is 0 Å². The predicted molar refractivity (Wildman–Crippen MR) is 205 cm³/mol. The first-order chi connectivity index (χ1) is 12.2. The highest BCUT2D eigenvalue weighted by molar-refractivity contribution is 9.87. The second-order valence-electron chi connectivity index (χ2n) is 6.72. The Labute approximate surface area is 273 Å². The number of hydrogen-bond donors (Lipinski definition) is 0. The standard InChI is InChI=1S/C6H14Br11NSi5.H12Si5/c1-5(2)18(6(3)4)21(13,14)22(15,16)23(17,19(7,8)9)20(10,11)12;1-3-5-4-2/h5-6H,1-4H3;3-5H2,1-2H3. The summed E-state index contributed by atoms with van der Waals surface area (Å²) < 4.78 is -3.80. The van der Waals surface area contributed by atoms with E-state index in [1.54, 1.807) is 19.5 Å². The van der Waals surface area contributed by atoms with Crippen LogP contribution in [0.3, 0.4) is 0 Å². The van der Waals surface area contributed by atoms with Crippen molar-refractivity contribution in [3.63, 3.8) is 0 Å². The van der Waals surface area contributed by atoms with E-state index in [1.807, 2.05) is 0 Å². The number of nitrogens with zero attached hydrogens (tertiary/aromatic N) is 1. The Balaban J connectivity index is 0. The van der Waals surface area contributed by atoms with Crippen molar-refractivity contribution >= 4 is 235 Å². The van der Waals surface area contributed by atoms with Crippen molar-refractivity contribution in [1.82, 2.24) is 4.57 Å². The minimum atomic E-state index is -2.22. The van der Waals surface area contributed by atoms with E-state index >= 15 is 0 Å². The molecule has 0 aliphatic rings. The monoisotopic (exact) mass is 1260 g/mol. The van der Waals surface area contributed by atoms with Gasteiger partial charge in [-0.3, -0.25) is 0 Å². The van der Waals surface area contributed by atoms with Crippen LogP contribution < -0.4 is 0 Å². The molecule has 0 aromatic carbocycles. The zero-order valence-corrected chi connectivity index (χ0v) is 47.1. The number of rotatable bonds is 9. The Morgan fingerprint density at radius 1 is 0.643 bits per heavy atom. The SMILES string of the molecule is CC(C)N(C(C)C)[Si](Br)(Br)[Si](Br)(Br)[Si](Br)([Si](Br)(Br)Br)[Si](Br)(Br)Br.[SiH3][SiH2][SiH2][SiH2][SiH3]. The molecule has 1 nitrogen and oxygen atoms in total. The normalized spacial score (nSPS) is 16.1. The average Bonchev–Trinajstić information content (AvgIpc) is 2.43. The molecule has 0 aromatic heterocycles. The summed E-state index contributed by atoms with van der Waals surface area (Å²) in [6, 6.07) is 0.837. The molecule has 28 heavy (non-hydrogen) atoms. The van der Waals surface area contributed by atoms with Gasteiger partial charge in [0.05, 0.1) is 0 Å². The molecule has 0 saturated carbocycles. The van der Waals surface area contributed by atoms with Gasteiger partial charge in [0, 0.05) is 0 Å². The lowest BCUT2D eigenvalue weighted by molar-refractivity contribution is 0.313. The summed E-state index contributed by atoms with van der Waals surface area (Å²) in [5, 5.41) is -2.18. The molecule has 0 amide bonds. The fourth-order valence-electron chi connectivity index (χ4n) is 2.48. The minimum absolute atomic E-state index is 0.419. The van der Waals surface area contributed by atoms with Gasteiger partial charge in [-0.2, -0.15) is 0 Å². The maximum absolute atomic E-state index is 4.25. The van der Waals surface area contributed by atoms with Gasteiger partial charge in [-0.25, -0.2) is 0 Å². The van der Waals surface area contributed by atoms with E-state index in [-0.39, 0.29) is 0 Å². The third-order valence-electron chi connectivity index (χ3n) is 3.74. The molecule has 0 heterocycles. The van der Waals surface area contributed by atoms with Gasteiger partial charge in [-0.15, -0.1) is 45.9 Å². The molecule has 0 fully saturated rings. The van der Waals surface area contributed by atoms with Crippen molar-refractivity contribution in [3.05, 3.63) is 0 Å². The Kier molecular flexibility index (Phi) is 21.1. The first-order valence-electron chi connectivity index (χ1n) is 8.54. The van der Waals surface area contributed by atoms with E-state index < -0.39 is 21.5 Å². The zero-order valence-electron chi connectivity index (χ0n) is 16.4. The molecule has 0 saturated heterocycles. The molecule has 22 heteroatoms. The lowest BCUT2D eigenvalue weighted by atomic mass is 10.3. The van der Waals surface area contributed by atoms with Crippen molar-refractivity contribution in [3.8, 4) is 0 Å². The Morgan fingerprint density at radius 3 is 1.07 bits per heavy atom. The van der Waals surface area contributed by atoms with Crippen molar-refractivity contribution in [2.24, 2.45) is 0 Å². The molecule has 0 aliphatic heterocycles. The van der Waals surface area contributed by atoms with Crippen LogP contribution in [0.25, 0.3) is 0 Å². The number of hydrogen-bond acceptors (Lipinski definition) is 1.